The van der Waals surface area contributed by atoms with Gasteiger partial charge in [-0.1, -0.05) is 25.4 Å². The van der Waals surface area contributed by atoms with Crippen LogP contribution in [0.5, 0.6) is 0 Å². The van der Waals surface area contributed by atoms with Gasteiger partial charge in [0.15, 0.2) is 5.82 Å². The van der Waals surface area contributed by atoms with E-state index in [0.717, 1.165) is 18.7 Å². The summed E-state index contributed by atoms with van der Waals surface area (Å²) in [5.41, 5.74) is 5.88. The summed E-state index contributed by atoms with van der Waals surface area (Å²) < 4.78 is 5.14. The molecule has 2 unspecified atom stereocenters. The van der Waals surface area contributed by atoms with E-state index in [1.54, 1.807) is 0 Å². The molecule has 0 spiro atoms. The van der Waals surface area contributed by atoms with Gasteiger partial charge in [0.1, 0.15) is 0 Å². The molecule has 2 rings (SSSR count). The van der Waals surface area contributed by atoms with Crippen molar-refractivity contribution >= 4 is 0 Å². The molecule has 1 aliphatic carbocycles. The Morgan fingerprint density at radius 1 is 1.64 bits per heavy atom. The van der Waals surface area contributed by atoms with Crippen molar-refractivity contribution in [2.24, 2.45) is 11.7 Å². The number of rotatable bonds is 4. The van der Waals surface area contributed by atoms with Gasteiger partial charge in [0, 0.05) is 5.92 Å². The third-order valence-electron chi connectivity index (χ3n) is 2.82. The van der Waals surface area contributed by atoms with Crippen LogP contribution in [0.3, 0.4) is 0 Å². The highest BCUT2D eigenvalue weighted by Gasteiger charge is 2.38. The molecule has 3 atom stereocenters. The molecule has 0 radical (unpaired) electrons. The highest BCUT2D eigenvalue weighted by molar-refractivity contribution is 5.08. The summed E-state index contributed by atoms with van der Waals surface area (Å²) in [5.74, 6) is 2.67. The summed E-state index contributed by atoms with van der Waals surface area (Å²) in [4.78, 5) is 4.34. The monoisotopic (exact) mass is 195 g/mol. The minimum absolute atomic E-state index is 0.0877. The summed E-state index contributed by atoms with van der Waals surface area (Å²) in [5, 5.41) is 3.97. The lowest BCUT2D eigenvalue weighted by molar-refractivity contribution is 0.344. The van der Waals surface area contributed by atoms with Gasteiger partial charge in [-0.3, -0.25) is 0 Å². The highest BCUT2D eigenvalue weighted by atomic mass is 16.5. The zero-order valence-corrected chi connectivity index (χ0v) is 8.73. The maximum absolute atomic E-state index is 5.88. The zero-order chi connectivity index (χ0) is 10.1. The molecule has 0 amide bonds. The van der Waals surface area contributed by atoms with Gasteiger partial charge >= 0.3 is 0 Å². The minimum atomic E-state index is -0.0877. The average molecular weight is 195 g/mol. The molecule has 14 heavy (non-hydrogen) atoms. The largest absolute Gasteiger partial charge is 0.338 e. The van der Waals surface area contributed by atoms with Crippen LogP contribution in [0.25, 0.3) is 0 Å². The van der Waals surface area contributed by atoms with Crippen LogP contribution in [-0.2, 0) is 0 Å². The first-order chi connectivity index (χ1) is 6.72. The van der Waals surface area contributed by atoms with Crippen LogP contribution in [0.1, 0.15) is 56.8 Å². The quantitative estimate of drug-likeness (QED) is 0.798. The number of hydrogen-bond donors (Lipinski definition) is 1. The lowest BCUT2D eigenvalue weighted by Crippen LogP contribution is -2.10. The summed E-state index contributed by atoms with van der Waals surface area (Å²) >= 11 is 0. The van der Waals surface area contributed by atoms with Gasteiger partial charge in [-0.2, -0.15) is 4.98 Å². The zero-order valence-electron chi connectivity index (χ0n) is 8.73. The Morgan fingerprint density at radius 3 is 2.93 bits per heavy atom. The van der Waals surface area contributed by atoms with Gasteiger partial charge in [0.25, 0.3) is 0 Å². The fourth-order valence-electron chi connectivity index (χ4n) is 1.66. The number of nitrogens with zero attached hydrogens (tertiary/aromatic N) is 2. The molecule has 0 aliphatic heterocycles. The molecule has 1 aromatic heterocycles. The molecule has 4 nitrogen and oxygen atoms in total. The fraction of sp³-hybridized carbons (Fsp3) is 0.800. The van der Waals surface area contributed by atoms with E-state index in [-0.39, 0.29) is 6.04 Å². The lowest BCUT2D eigenvalue weighted by Gasteiger charge is -2.01. The van der Waals surface area contributed by atoms with E-state index in [1.807, 2.05) is 0 Å². The summed E-state index contributed by atoms with van der Waals surface area (Å²) in [6, 6.07) is -0.0877. The SMILES string of the molecule is CCC[C@H](N)c1nc(C2CC2C)no1. The van der Waals surface area contributed by atoms with Gasteiger partial charge in [0.05, 0.1) is 6.04 Å². The molecule has 2 N–H and O–H groups in total. The number of aromatic nitrogens is 2. The van der Waals surface area contributed by atoms with E-state index in [4.69, 9.17) is 10.3 Å². The van der Waals surface area contributed by atoms with Crippen molar-refractivity contribution < 1.29 is 4.52 Å². The Balaban J connectivity index is 2.02. The molecule has 4 heteroatoms. The predicted molar refractivity (Wildman–Crippen MR) is 52.7 cm³/mol. The van der Waals surface area contributed by atoms with Crippen LogP contribution in [0, 0.1) is 5.92 Å². The van der Waals surface area contributed by atoms with Crippen molar-refractivity contribution in [2.45, 2.75) is 45.1 Å². The number of nitrogens with two attached hydrogens (primary N) is 1. The third kappa shape index (κ3) is 1.80. The second-order valence-corrected chi connectivity index (χ2v) is 4.21. The van der Waals surface area contributed by atoms with E-state index in [2.05, 4.69) is 24.0 Å². The van der Waals surface area contributed by atoms with Crippen LogP contribution < -0.4 is 5.73 Å². The first-order valence-corrected chi connectivity index (χ1v) is 5.31. The standard InChI is InChI=1S/C10H17N3O/c1-3-4-8(11)10-12-9(13-14-10)7-5-6(7)2/h6-8H,3-5,11H2,1-2H3/t6?,7?,8-/m0/s1. The molecule has 1 aliphatic rings. The number of hydrogen-bond acceptors (Lipinski definition) is 4. The van der Waals surface area contributed by atoms with E-state index >= 15 is 0 Å². The Bertz CT molecular complexity index is 310. The minimum Gasteiger partial charge on any atom is -0.338 e. The van der Waals surface area contributed by atoms with Crippen molar-refractivity contribution in [3.63, 3.8) is 0 Å². The van der Waals surface area contributed by atoms with Gasteiger partial charge < -0.3 is 10.3 Å². The first kappa shape index (κ1) is 9.65. The lowest BCUT2D eigenvalue weighted by atomic mass is 10.2. The van der Waals surface area contributed by atoms with Crippen molar-refractivity contribution in [3.05, 3.63) is 11.7 Å². The van der Waals surface area contributed by atoms with Crippen LogP contribution in [0.4, 0.5) is 0 Å². The molecule has 1 fully saturated rings. The Hall–Kier alpha value is -0.900. The molecular formula is C10H17N3O. The van der Waals surface area contributed by atoms with E-state index in [0.29, 0.717) is 17.7 Å². The normalized spacial score (nSPS) is 27.6. The molecule has 0 saturated heterocycles. The Labute approximate surface area is 83.9 Å². The molecule has 0 aromatic carbocycles. The van der Waals surface area contributed by atoms with Crippen LogP contribution in [0.2, 0.25) is 0 Å². The smallest absolute Gasteiger partial charge is 0.243 e. The van der Waals surface area contributed by atoms with Crippen LogP contribution in [0.15, 0.2) is 4.52 Å². The molecule has 0 bridgehead atoms. The second kappa shape index (κ2) is 3.69. The molecular weight excluding hydrogens is 178 g/mol. The summed E-state index contributed by atoms with van der Waals surface area (Å²) in [7, 11) is 0. The first-order valence-electron chi connectivity index (χ1n) is 5.31. The molecule has 78 valence electrons. The average Bonchev–Trinajstić information content (AvgIpc) is 2.70. The van der Waals surface area contributed by atoms with Crippen molar-refractivity contribution in [1.29, 1.82) is 0 Å². The van der Waals surface area contributed by atoms with E-state index < -0.39 is 0 Å². The topological polar surface area (TPSA) is 64.9 Å². The maximum Gasteiger partial charge on any atom is 0.243 e. The van der Waals surface area contributed by atoms with E-state index in [9.17, 15) is 0 Å². The molecule has 1 aromatic rings. The summed E-state index contributed by atoms with van der Waals surface area (Å²) in [6.45, 7) is 4.30. The van der Waals surface area contributed by atoms with Crippen LogP contribution in [-0.4, -0.2) is 10.1 Å². The van der Waals surface area contributed by atoms with Crippen LogP contribution >= 0.6 is 0 Å². The van der Waals surface area contributed by atoms with Crippen molar-refractivity contribution in [3.8, 4) is 0 Å². The van der Waals surface area contributed by atoms with Crippen molar-refractivity contribution in [2.75, 3.05) is 0 Å². The highest BCUT2D eigenvalue weighted by Crippen LogP contribution is 2.45. The van der Waals surface area contributed by atoms with E-state index in [1.165, 1.54) is 6.42 Å². The summed E-state index contributed by atoms with van der Waals surface area (Å²) in [6.07, 6.45) is 3.13. The van der Waals surface area contributed by atoms with Gasteiger partial charge in [0.2, 0.25) is 5.89 Å². The molecule has 1 heterocycles. The predicted octanol–water partition coefficient (Wildman–Crippen LogP) is 1.99. The third-order valence-corrected chi connectivity index (χ3v) is 2.82. The Kier molecular flexibility index (Phi) is 2.54. The fourth-order valence-corrected chi connectivity index (χ4v) is 1.66. The second-order valence-electron chi connectivity index (χ2n) is 4.21. The maximum atomic E-state index is 5.88. The Morgan fingerprint density at radius 2 is 2.36 bits per heavy atom. The van der Waals surface area contributed by atoms with Gasteiger partial charge in [-0.15, -0.1) is 0 Å². The van der Waals surface area contributed by atoms with Crippen molar-refractivity contribution in [1.82, 2.24) is 10.1 Å². The van der Waals surface area contributed by atoms with Gasteiger partial charge in [-0.05, 0) is 18.8 Å². The van der Waals surface area contributed by atoms with Gasteiger partial charge in [-0.25, -0.2) is 0 Å². The molecule has 1 saturated carbocycles.